The minimum Gasteiger partial charge on any atom is -0.493 e. The number of para-hydroxylation sites is 1. The molecule has 0 saturated heterocycles. The Hall–Kier alpha value is -2.24. The van der Waals surface area contributed by atoms with Crippen molar-refractivity contribution in [3.63, 3.8) is 0 Å². The van der Waals surface area contributed by atoms with Crippen molar-refractivity contribution >= 4 is 18.0 Å². The molecule has 0 radical (unpaired) electrons. The SMILES string of the molecule is COc1cc(CN(O)C=O)cc(Cl)c1Oc1ccccc1. The van der Waals surface area contributed by atoms with E-state index in [4.69, 9.17) is 21.1 Å². The van der Waals surface area contributed by atoms with Crippen LogP contribution in [0.5, 0.6) is 17.2 Å². The summed E-state index contributed by atoms with van der Waals surface area (Å²) in [5.74, 6) is 1.42. The van der Waals surface area contributed by atoms with Gasteiger partial charge in [0.05, 0.1) is 18.7 Å². The van der Waals surface area contributed by atoms with Crippen molar-refractivity contribution in [2.75, 3.05) is 7.11 Å². The quantitative estimate of drug-likeness (QED) is 0.504. The summed E-state index contributed by atoms with van der Waals surface area (Å²) in [6.07, 6.45) is 0.314. The van der Waals surface area contributed by atoms with Gasteiger partial charge in [-0.15, -0.1) is 0 Å². The normalized spacial score (nSPS) is 10.0. The number of methoxy groups -OCH3 is 1. The molecule has 110 valence electrons. The first-order valence-electron chi connectivity index (χ1n) is 6.14. The van der Waals surface area contributed by atoms with Crippen LogP contribution in [0.15, 0.2) is 42.5 Å². The van der Waals surface area contributed by atoms with E-state index in [1.54, 1.807) is 24.3 Å². The van der Waals surface area contributed by atoms with Crippen LogP contribution in [0.3, 0.4) is 0 Å². The molecule has 0 heterocycles. The summed E-state index contributed by atoms with van der Waals surface area (Å²) in [6.45, 7) is 0.00516. The van der Waals surface area contributed by atoms with Crippen LogP contribution in [0.25, 0.3) is 0 Å². The van der Waals surface area contributed by atoms with Crippen LogP contribution >= 0.6 is 11.6 Å². The van der Waals surface area contributed by atoms with Gasteiger partial charge in [0.1, 0.15) is 5.75 Å². The van der Waals surface area contributed by atoms with Gasteiger partial charge in [-0.1, -0.05) is 29.8 Å². The number of halogens is 1. The summed E-state index contributed by atoms with van der Waals surface area (Å²) in [4.78, 5) is 10.4. The van der Waals surface area contributed by atoms with Crippen molar-refractivity contribution < 1.29 is 19.5 Å². The van der Waals surface area contributed by atoms with E-state index in [9.17, 15) is 10.0 Å². The molecule has 0 fully saturated rings. The topological polar surface area (TPSA) is 59.0 Å². The van der Waals surface area contributed by atoms with E-state index in [1.165, 1.54) is 7.11 Å². The molecule has 2 rings (SSSR count). The maximum atomic E-state index is 10.4. The van der Waals surface area contributed by atoms with Crippen LogP contribution in [-0.2, 0) is 11.3 Å². The molecule has 0 aromatic heterocycles. The molecule has 21 heavy (non-hydrogen) atoms. The molecule has 5 nitrogen and oxygen atoms in total. The van der Waals surface area contributed by atoms with Gasteiger partial charge < -0.3 is 9.47 Å². The average molecular weight is 308 g/mol. The van der Waals surface area contributed by atoms with E-state index in [0.717, 1.165) is 0 Å². The first kappa shape index (κ1) is 15.2. The molecule has 0 saturated carbocycles. The summed E-state index contributed by atoms with van der Waals surface area (Å²) in [5.41, 5.74) is 0.617. The molecular weight excluding hydrogens is 294 g/mol. The van der Waals surface area contributed by atoms with Crippen molar-refractivity contribution in [1.29, 1.82) is 0 Å². The Morgan fingerprint density at radius 1 is 1.29 bits per heavy atom. The second-order valence-electron chi connectivity index (χ2n) is 4.23. The first-order valence-corrected chi connectivity index (χ1v) is 6.52. The Labute approximate surface area is 127 Å². The Balaban J connectivity index is 2.31. The number of carbonyl (C=O) groups is 1. The molecule has 0 atom stereocenters. The Bertz CT molecular complexity index is 619. The number of amides is 1. The van der Waals surface area contributed by atoms with Crippen LogP contribution in [0.1, 0.15) is 5.56 Å². The van der Waals surface area contributed by atoms with Crippen LogP contribution in [0.2, 0.25) is 5.02 Å². The van der Waals surface area contributed by atoms with Gasteiger partial charge in [-0.05, 0) is 29.8 Å². The molecule has 0 aliphatic rings. The summed E-state index contributed by atoms with van der Waals surface area (Å²) >= 11 is 6.20. The molecule has 2 aromatic rings. The Kier molecular flexibility index (Phi) is 5.03. The standard InChI is InChI=1S/C15H14ClNO4/c1-20-14-8-11(9-17(19)10-18)7-13(16)15(14)21-12-5-3-2-4-6-12/h2-8,10,19H,9H2,1H3. The van der Waals surface area contributed by atoms with Crippen molar-refractivity contribution in [1.82, 2.24) is 5.06 Å². The zero-order chi connectivity index (χ0) is 15.2. The Morgan fingerprint density at radius 3 is 2.62 bits per heavy atom. The fourth-order valence-electron chi connectivity index (χ4n) is 1.79. The van der Waals surface area contributed by atoms with E-state index in [0.29, 0.717) is 39.3 Å². The van der Waals surface area contributed by atoms with Gasteiger partial charge in [0.25, 0.3) is 0 Å². The first-order chi connectivity index (χ1) is 10.1. The second-order valence-corrected chi connectivity index (χ2v) is 4.63. The van der Waals surface area contributed by atoms with Crippen LogP contribution in [0, 0.1) is 0 Å². The van der Waals surface area contributed by atoms with Gasteiger partial charge in [-0.3, -0.25) is 10.0 Å². The predicted molar refractivity (Wildman–Crippen MR) is 77.9 cm³/mol. The van der Waals surface area contributed by atoms with Crippen LogP contribution in [-0.4, -0.2) is 23.8 Å². The van der Waals surface area contributed by atoms with Crippen molar-refractivity contribution in [2.24, 2.45) is 0 Å². The minimum atomic E-state index is 0.00516. The van der Waals surface area contributed by atoms with Gasteiger partial charge >= 0.3 is 0 Å². The van der Waals surface area contributed by atoms with Crippen molar-refractivity contribution in [3.05, 3.63) is 53.1 Å². The van der Waals surface area contributed by atoms with Crippen molar-refractivity contribution in [3.8, 4) is 17.2 Å². The monoisotopic (exact) mass is 307 g/mol. The number of benzene rings is 2. The van der Waals surface area contributed by atoms with Gasteiger partial charge in [0, 0.05) is 0 Å². The molecule has 0 aliphatic carbocycles. The minimum absolute atomic E-state index is 0.00516. The fourth-order valence-corrected chi connectivity index (χ4v) is 2.07. The lowest BCUT2D eigenvalue weighted by atomic mass is 10.2. The number of rotatable bonds is 6. The number of hydroxylamine groups is 2. The number of nitrogens with zero attached hydrogens (tertiary/aromatic N) is 1. The molecule has 2 aromatic carbocycles. The second kappa shape index (κ2) is 6.97. The summed E-state index contributed by atoms with van der Waals surface area (Å²) in [5, 5.41) is 10.1. The number of hydrogen-bond acceptors (Lipinski definition) is 4. The van der Waals surface area contributed by atoms with Crippen LogP contribution in [0.4, 0.5) is 0 Å². The zero-order valence-corrected chi connectivity index (χ0v) is 12.1. The summed E-state index contributed by atoms with van der Waals surface area (Å²) in [6, 6.07) is 12.4. The third-order valence-corrected chi connectivity index (χ3v) is 3.00. The highest BCUT2D eigenvalue weighted by Crippen LogP contribution is 2.39. The molecular formula is C15H14ClNO4. The third kappa shape index (κ3) is 3.87. The van der Waals surface area contributed by atoms with E-state index < -0.39 is 0 Å². The highest BCUT2D eigenvalue weighted by atomic mass is 35.5. The van der Waals surface area contributed by atoms with E-state index in [-0.39, 0.29) is 6.54 Å². The molecule has 6 heteroatoms. The Morgan fingerprint density at radius 2 is 2.00 bits per heavy atom. The lowest BCUT2D eigenvalue weighted by Crippen LogP contribution is -2.15. The molecule has 0 bridgehead atoms. The van der Waals surface area contributed by atoms with Gasteiger partial charge in [0.15, 0.2) is 11.5 Å². The molecule has 0 aliphatic heterocycles. The zero-order valence-electron chi connectivity index (χ0n) is 11.3. The lowest BCUT2D eigenvalue weighted by Gasteiger charge is -2.15. The largest absolute Gasteiger partial charge is 0.493 e. The predicted octanol–water partition coefficient (Wildman–Crippen LogP) is 3.49. The van der Waals surface area contributed by atoms with Crippen LogP contribution < -0.4 is 9.47 Å². The number of carbonyl (C=O) groups excluding carboxylic acids is 1. The maximum absolute atomic E-state index is 10.4. The lowest BCUT2D eigenvalue weighted by molar-refractivity contribution is -0.152. The summed E-state index contributed by atoms with van der Waals surface area (Å²) in [7, 11) is 1.49. The van der Waals surface area contributed by atoms with Crippen molar-refractivity contribution in [2.45, 2.75) is 6.54 Å². The highest BCUT2D eigenvalue weighted by Gasteiger charge is 2.14. The molecule has 0 spiro atoms. The molecule has 1 N–H and O–H groups in total. The van der Waals surface area contributed by atoms with Gasteiger partial charge in [0.2, 0.25) is 6.41 Å². The van der Waals surface area contributed by atoms with E-state index in [1.807, 2.05) is 18.2 Å². The van der Waals surface area contributed by atoms with E-state index >= 15 is 0 Å². The summed E-state index contributed by atoms with van der Waals surface area (Å²) < 4.78 is 11.0. The fraction of sp³-hybridized carbons (Fsp3) is 0.133. The molecule has 1 amide bonds. The smallest absolute Gasteiger partial charge is 0.233 e. The highest BCUT2D eigenvalue weighted by molar-refractivity contribution is 6.32. The number of hydrogen-bond donors (Lipinski definition) is 1. The maximum Gasteiger partial charge on any atom is 0.233 e. The number of ether oxygens (including phenoxy) is 2. The van der Waals surface area contributed by atoms with E-state index in [2.05, 4.69) is 0 Å². The van der Waals surface area contributed by atoms with Gasteiger partial charge in [-0.2, -0.15) is 0 Å². The third-order valence-electron chi connectivity index (χ3n) is 2.72. The van der Waals surface area contributed by atoms with Gasteiger partial charge in [-0.25, -0.2) is 5.06 Å². The average Bonchev–Trinajstić information content (AvgIpc) is 2.50. The molecule has 0 unspecified atom stereocenters.